The number of amides is 2. The summed E-state index contributed by atoms with van der Waals surface area (Å²) >= 11 is 3.62. The molecule has 47 heavy (non-hydrogen) atoms. The molecule has 1 aromatic heterocycles. The molecule has 0 saturated heterocycles. The van der Waals surface area contributed by atoms with Crippen LogP contribution in [0.1, 0.15) is 54.6 Å². The highest BCUT2D eigenvalue weighted by Crippen LogP contribution is 2.50. The molecule has 10 nitrogen and oxygen atoms in total. The summed E-state index contributed by atoms with van der Waals surface area (Å²) in [5.74, 6) is 1.42. The smallest absolute Gasteiger partial charge is 0.222 e. The molecule has 246 valence electrons. The molecule has 3 N–H and O–H groups in total. The highest BCUT2D eigenvalue weighted by Gasteiger charge is 2.30. The molecule has 1 aliphatic heterocycles. The van der Waals surface area contributed by atoms with Gasteiger partial charge in [-0.15, -0.1) is 0 Å². The third-order valence-corrected chi connectivity index (χ3v) is 9.77. The Hall–Kier alpha value is -4.51. The third-order valence-electron chi connectivity index (χ3n) is 9.11. The van der Waals surface area contributed by atoms with E-state index in [0.29, 0.717) is 73.8 Å². The van der Waals surface area contributed by atoms with Crippen LogP contribution in [-0.2, 0) is 29.0 Å². The lowest BCUT2D eigenvalue weighted by Crippen LogP contribution is -2.35. The van der Waals surface area contributed by atoms with Crippen LogP contribution in [0.15, 0.2) is 51.7 Å². The van der Waals surface area contributed by atoms with Crippen molar-refractivity contribution in [3.8, 4) is 28.4 Å². The van der Waals surface area contributed by atoms with Gasteiger partial charge in [-0.05, 0) is 76.1 Å². The zero-order valence-electron chi connectivity index (χ0n) is 27.1. The number of para-hydroxylation sites is 1. The molecule has 4 aromatic rings. The van der Waals surface area contributed by atoms with E-state index < -0.39 is 0 Å². The van der Waals surface area contributed by atoms with Crippen molar-refractivity contribution in [2.24, 2.45) is 0 Å². The predicted octanol–water partition coefficient (Wildman–Crippen LogP) is 5.88. The monoisotopic (exact) mass is 702 g/mol. The van der Waals surface area contributed by atoms with Gasteiger partial charge in [0, 0.05) is 66.1 Å². The van der Waals surface area contributed by atoms with Crippen LogP contribution in [0.4, 0.5) is 5.69 Å². The molecule has 1 atom stereocenters. The molecule has 2 heterocycles. The molecule has 0 saturated carbocycles. The molecule has 2 amide bonds. The number of halogens is 1. The number of aromatic amines is 1. The fourth-order valence-electron chi connectivity index (χ4n) is 6.89. The van der Waals surface area contributed by atoms with Gasteiger partial charge in [0.15, 0.2) is 11.5 Å². The van der Waals surface area contributed by atoms with Gasteiger partial charge in [-0.1, -0.05) is 18.2 Å². The van der Waals surface area contributed by atoms with Gasteiger partial charge >= 0.3 is 0 Å². The first kappa shape index (κ1) is 32.4. The summed E-state index contributed by atoms with van der Waals surface area (Å²) in [5.41, 5.74) is 6.88. The zero-order valence-corrected chi connectivity index (χ0v) is 28.6. The zero-order chi connectivity index (χ0) is 33.2. The summed E-state index contributed by atoms with van der Waals surface area (Å²) in [5, 5.41) is 7.44. The minimum absolute atomic E-state index is 0.0979. The lowest BCUT2D eigenvalue weighted by Gasteiger charge is -2.27. The lowest BCUT2D eigenvalue weighted by molar-refractivity contribution is -0.132. The molecule has 1 aliphatic carbocycles. The normalized spacial score (nSPS) is 15.2. The average molecular weight is 704 g/mol. The Morgan fingerprint density at radius 1 is 1.04 bits per heavy atom. The van der Waals surface area contributed by atoms with Crippen molar-refractivity contribution in [2.75, 3.05) is 39.7 Å². The van der Waals surface area contributed by atoms with E-state index in [9.17, 15) is 14.4 Å². The Balaban J connectivity index is 1.21. The maximum absolute atomic E-state index is 13.6. The number of H-pyrrole nitrogens is 1. The SMILES string of the molecule is COc1cc2c(c(OC)c1OC)-c1ccc(NCCCC(=O)N3CCc4[nH]c5c(Br)cccc5c4C3)c(=O)cc1[C@@H](NC(C)=O)CC2. The Labute approximate surface area is 281 Å². The third kappa shape index (κ3) is 6.28. The molecule has 3 aromatic carbocycles. The number of aryl methyl sites for hydroxylation is 1. The number of hydrogen-bond acceptors (Lipinski definition) is 7. The van der Waals surface area contributed by atoms with E-state index in [1.807, 2.05) is 29.2 Å². The molecule has 0 fully saturated rings. The van der Waals surface area contributed by atoms with E-state index in [-0.39, 0.29) is 23.3 Å². The fraction of sp³-hybridized carbons (Fsp3) is 0.361. The van der Waals surface area contributed by atoms with Crippen molar-refractivity contribution in [2.45, 2.75) is 51.6 Å². The maximum Gasteiger partial charge on any atom is 0.222 e. The standard InChI is InChI=1S/C36H39BrN4O6/c1-20(42)39-27-12-10-21-17-31(45-2)35(46-3)36(47-4)33(21)22-11-13-29(30(43)18-24(22)27)38-15-6-9-32(44)41-16-14-28-25(19-41)23-7-5-8-26(37)34(23)40-28/h5,7-8,11,13,17-18,27,40H,6,9-10,12,14-16,19H2,1-4H3,(H,38,43)(H,39,42)/t27-/m0/s1. The van der Waals surface area contributed by atoms with Crippen LogP contribution < -0.4 is 30.3 Å². The molecule has 0 unspecified atom stereocenters. The Kier molecular flexibility index (Phi) is 9.45. The van der Waals surface area contributed by atoms with Crippen molar-refractivity contribution in [3.05, 3.63) is 79.5 Å². The molecule has 0 radical (unpaired) electrons. The summed E-state index contributed by atoms with van der Waals surface area (Å²) in [6.45, 7) is 3.18. The summed E-state index contributed by atoms with van der Waals surface area (Å²) in [4.78, 5) is 44.5. The number of anilines is 1. The second-order valence-corrected chi connectivity index (χ2v) is 12.8. The Bertz CT molecular complexity index is 1920. The van der Waals surface area contributed by atoms with Crippen LogP contribution in [0.25, 0.3) is 22.0 Å². The molecule has 11 heteroatoms. The van der Waals surface area contributed by atoms with Crippen molar-refractivity contribution in [3.63, 3.8) is 0 Å². The number of aromatic nitrogens is 1. The van der Waals surface area contributed by atoms with Crippen molar-refractivity contribution >= 4 is 44.3 Å². The summed E-state index contributed by atoms with van der Waals surface area (Å²) in [7, 11) is 4.71. The maximum atomic E-state index is 13.6. The van der Waals surface area contributed by atoms with E-state index in [2.05, 4.69) is 37.6 Å². The van der Waals surface area contributed by atoms with Gasteiger partial charge in [0.05, 0.1) is 38.6 Å². The number of fused-ring (bicyclic) bond motifs is 6. The number of methoxy groups -OCH3 is 3. The van der Waals surface area contributed by atoms with Gasteiger partial charge in [-0.25, -0.2) is 0 Å². The van der Waals surface area contributed by atoms with E-state index in [1.54, 1.807) is 33.5 Å². The van der Waals surface area contributed by atoms with Crippen molar-refractivity contribution in [1.29, 1.82) is 0 Å². The van der Waals surface area contributed by atoms with Crippen molar-refractivity contribution in [1.82, 2.24) is 15.2 Å². The number of hydrogen-bond donors (Lipinski definition) is 3. The van der Waals surface area contributed by atoms with Gasteiger partial charge in [0.25, 0.3) is 0 Å². The van der Waals surface area contributed by atoms with Crippen molar-refractivity contribution < 1.29 is 23.8 Å². The highest BCUT2D eigenvalue weighted by molar-refractivity contribution is 9.10. The number of ether oxygens (including phenoxy) is 3. The quantitative estimate of drug-likeness (QED) is 0.186. The first-order valence-corrected chi connectivity index (χ1v) is 16.6. The molecule has 6 rings (SSSR count). The fourth-order valence-corrected chi connectivity index (χ4v) is 7.35. The molecule has 2 aliphatic rings. The predicted molar refractivity (Wildman–Crippen MR) is 186 cm³/mol. The van der Waals surface area contributed by atoms with E-state index in [0.717, 1.165) is 38.5 Å². The summed E-state index contributed by atoms with van der Waals surface area (Å²) in [6.07, 6.45) is 2.94. The van der Waals surface area contributed by atoms with E-state index >= 15 is 0 Å². The van der Waals surface area contributed by atoms with E-state index in [4.69, 9.17) is 14.2 Å². The van der Waals surface area contributed by atoms with Crippen LogP contribution >= 0.6 is 15.9 Å². The van der Waals surface area contributed by atoms with E-state index in [1.165, 1.54) is 18.2 Å². The molecule has 0 bridgehead atoms. The molecular weight excluding hydrogens is 664 g/mol. The molecular formula is C36H39BrN4O6. The largest absolute Gasteiger partial charge is 0.493 e. The summed E-state index contributed by atoms with van der Waals surface area (Å²) in [6, 6.07) is 12.9. The minimum atomic E-state index is -0.384. The molecule has 0 spiro atoms. The van der Waals surface area contributed by atoms with Gasteiger partial charge in [-0.2, -0.15) is 0 Å². The van der Waals surface area contributed by atoms with Crippen LogP contribution in [0.5, 0.6) is 17.2 Å². The lowest BCUT2D eigenvalue weighted by atomic mass is 9.95. The van der Waals surface area contributed by atoms with Crippen LogP contribution in [0.3, 0.4) is 0 Å². The average Bonchev–Trinajstić information content (AvgIpc) is 3.29. The van der Waals surface area contributed by atoms with Gasteiger partial charge in [0.2, 0.25) is 23.0 Å². The number of carbonyl (C=O) groups is 2. The number of nitrogens with zero attached hydrogens (tertiary/aromatic N) is 1. The second-order valence-electron chi connectivity index (χ2n) is 11.9. The number of nitrogens with one attached hydrogen (secondary N) is 3. The first-order valence-electron chi connectivity index (χ1n) is 15.8. The Morgan fingerprint density at radius 3 is 2.60 bits per heavy atom. The number of carbonyl (C=O) groups excluding carboxylic acids is 2. The minimum Gasteiger partial charge on any atom is -0.493 e. The van der Waals surface area contributed by atoms with Gasteiger partial charge in [0.1, 0.15) is 0 Å². The number of rotatable bonds is 9. The van der Waals surface area contributed by atoms with Crippen LogP contribution in [0.2, 0.25) is 0 Å². The number of benzene rings is 2. The summed E-state index contributed by atoms with van der Waals surface area (Å²) < 4.78 is 18.2. The Morgan fingerprint density at radius 2 is 1.85 bits per heavy atom. The highest BCUT2D eigenvalue weighted by atomic mass is 79.9. The van der Waals surface area contributed by atoms with Gasteiger partial charge < -0.3 is 34.7 Å². The van der Waals surface area contributed by atoms with Crippen LogP contribution in [-0.4, -0.2) is 56.1 Å². The topological polar surface area (TPSA) is 122 Å². The first-order chi connectivity index (χ1) is 22.7. The van der Waals surface area contributed by atoms with Crippen LogP contribution in [0, 0.1) is 0 Å². The second kappa shape index (κ2) is 13.7. The van der Waals surface area contributed by atoms with Gasteiger partial charge in [-0.3, -0.25) is 14.4 Å².